The lowest BCUT2D eigenvalue weighted by Crippen LogP contribution is -2.59. The summed E-state index contributed by atoms with van der Waals surface area (Å²) < 4.78 is 29.3. The summed E-state index contributed by atoms with van der Waals surface area (Å²) >= 11 is 0. The van der Waals surface area contributed by atoms with Gasteiger partial charge in [-0.15, -0.1) is 0 Å². The van der Waals surface area contributed by atoms with Crippen LogP contribution in [-0.4, -0.2) is 86.4 Å². The van der Waals surface area contributed by atoms with Crippen molar-refractivity contribution in [2.75, 3.05) is 31.5 Å². The third-order valence-corrected chi connectivity index (χ3v) is 10.6. The van der Waals surface area contributed by atoms with Crippen molar-refractivity contribution < 1.29 is 13.5 Å². The first-order chi connectivity index (χ1) is 16.7. The summed E-state index contributed by atoms with van der Waals surface area (Å²) in [6, 6.07) is 3.58. The van der Waals surface area contributed by atoms with Gasteiger partial charge in [-0.25, -0.2) is 17.7 Å². The Balaban J connectivity index is 1.14. The number of sulfonamides is 1. The van der Waals surface area contributed by atoms with Gasteiger partial charge in [-0.2, -0.15) is 4.98 Å². The summed E-state index contributed by atoms with van der Waals surface area (Å²) in [5.74, 6) is 0.426. The molecule has 35 heavy (non-hydrogen) atoms. The number of hydrogen-bond acceptors (Lipinski definition) is 8. The van der Waals surface area contributed by atoms with Gasteiger partial charge in [0, 0.05) is 55.9 Å². The highest BCUT2D eigenvalue weighted by Gasteiger charge is 2.46. The van der Waals surface area contributed by atoms with Crippen molar-refractivity contribution in [1.29, 1.82) is 0 Å². The molecule has 2 aliphatic heterocycles. The number of aliphatic hydroxyl groups is 1. The molecule has 0 aromatic carbocycles. The highest BCUT2D eigenvalue weighted by atomic mass is 32.2. The topological polar surface area (TPSA) is 121 Å². The molecule has 2 aromatic heterocycles. The lowest BCUT2D eigenvalue weighted by molar-refractivity contribution is 0.0267. The Morgan fingerprint density at radius 3 is 2.51 bits per heavy atom. The second-order valence-electron chi connectivity index (χ2n) is 10.9. The maximum Gasteiger partial charge on any atom is 0.252 e. The van der Waals surface area contributed by atoms with Crippen molar-refractivity contribution in [1.82, 2.24) is 23.7 Å². The van der Waals surface area contributed by atoms with E-state index in [1.54, 1.807) is 28.1 Å². The van der Waals surface area contributed by atoms with E-state index >= 15 is 0 Å². The molecule has 0 unspecified atom stereocenters. The number of aromatic nitrogens is 3. The van der Waals surface area contributed by atoms with Crippen LogP contribution in [0.25, 0.3) is 11.0 Å². The number of rotatable bonds is 6. The number of pyridine rings is 1. The van der Waals surface area contributed by atoms with E-state index in [9.17, 15) is 18.3 Å². The smallest absolute Gasteiger partial charge is 0.252 e. The number of piperidine rings is 1. The largest absolute Gasteiger partial charge is 0.388 e. The number of likely N-dealkylation sites (tertiary alicyclic amines) is 1. The summed E-state index contributed by atoms with van der Waals surface area (Å²) in [4.78, 5) is 24.2. The first kappa shape index (κ1) is 23.3. The quantitative estimate of drug-likeness (QED) is 0.607. The van der Waals surface area contributed by atoms with E-state index in [1.165, 1.54) is 18.9 Å². The lowest BCUT2D eigenvalue weighted by Gasteiger charge is -2.42. The Bertz CT molecular complexity index is 1280. The molecule has 2 aliphatic carbocycles. The van der Waals surface area contributed by atoms with Gasteiger partial charge >= 0.3 is 0 Å². The second kappa shape index (κ2) is 8.50. The summed E-state index contributed by atoms with van der Waals surface area (Å²) in [5, 5.41) is 14.7. The molecule has 2 atom stereocenters. The van der Waals surface area contributed by atoms with Crippen LogP contribution in [0.5, 0.6) is 0 Å². The molecule has 0 radical (unpaired) electrons. The SMILES string of the molecule is C[C@@]1(O)CCC[C@H]1n1c(=O)ccc2cnc(NC3CCN(S(=O)(=O)C4CN(C5CC5)C4)CC3)nc21. The van der Waals surface area contributed by atoms with Crippen molar-refractivity contribution in [3.63, 3.8) is 0 Å². The average molecular weight is 503 g/mol. The van der Waals surface area contributed by atoms with Crippen LogP contribution >= 0.6 is 0 Å². The summed E-state index contributed by atoms with van der Waals surface area (Å²) in [7, 11) is -3.25. The van der Waals surface area contributed by atoms with Gasteiger partial charge in [0.15, 0.2) is 0 Å². The molecule has 0 spiro atoms. The summed E-state index contributed by atoms with van der Waals surface area (Å²) in [5.41, 5.74) is -0.609. The zero-order valence-electron chi connectivity index (χ0n) is 20.1. The van der Waals surface area contributed by atoms with Gasteiger partial charge in [0.1, 0.15) is 10.9 Å². The highest BCUT2D eigenvalue weighted by molar-refractivity contribution is 7.89. The van der Waals surface area contributed by atoms with Gasteiger partial charge in [-0.1, -0.05) is 0 Å². The molecule has 6 rings (SSSR count). The molecular formula is C24H34N6O4S. The molecule has 4 heterocycles. The van der Waals surface area contributed by atoms with Crippen LogP contribution in [0, 0.1) is 0 Å². The molecule has 2 saturated carbocycles. The average Bonchev–Trinajstić information content (AvgIpc) is 3.55. The van der Waals surface area contributed by atoms with E-state index < -0.39 is 15.6 Å². The third-order valence-electron chi connectivity index (χ3n) is 8.36. The minimum absolute atomic E-state index is 0.0572. The Kier molecular flexibility index (Phi) is 5.66. The molecular weight excluding hydrogens is 468 g/mol. The molecule has 2 saturated heterocycles. The fraction of sp³-hybridized carbons (Fsp3) is 0.708. The van der Waals surface area contributed by atoms with Crippen LogP contribution in [0.4, 0.5) is 5.95 Å². The summed E-state index contributed by atoms with van der Waals surface area (Å²) in [6.45, 7) is 4.11. The van der Waals surface area contributed by atoms with Crippen molar-refractivity contribution in [3.8, 4) is 0 Å². The first-order valence-corrected chi connectivity index (χ1v) is 14.3. The van der Waals surface area contributed by atoms with E-state index in [4.69, 9.17) is 0 Å². The molecule has 190 valence electrons. The Hall–Kier alpha value is -2.08. The van der Waals surface area contributed by atoms with Crippen LogP contribution in [0.2, 0.25) is 0 Å². The molecule has 0 amide bonds. The molecule has 10 nitrogen and oxygen atoms in total. The molecule has 4 fully saturated rings. The number of fused-ring (bicyclic) bond motifs is 1. The Labute approximate surface area is 205 Å². The normalized spacial score (nSPS) is 29.5. The standard InChI is InChI=1S/C24H34N6O4S/c1-24(32)10-2-3-20(24)30-21(31)7-4-16-13-25-23(27-22(16)30)26-17-8-11-29(12-9-17)35(33,34)19-14-28(15-19)18-5-6-18/h4,7,13,17-20,32H,2-3,5-6,8-12,14-15H2,1H3,(H,25,26,27)/t20-,24-/m1/s1. The molecule has 0 bridgehead atoms. The van der Waals surface area contributed by atoms with E-state index in [1.807, 2.05) is 0 Å². The number of nitrogens with zero attached hydrogens (tertiary/aromatic N) is 5. The first-order valence-electron chi connectivity index (χ1n) is 12.8. The Morgan fingerprint density at radius 1 is 1.11 bits per heavy atom. The number of anilines is 1. The molecule has 4 aliphatic rings. The van der Waals surface area contributed by atoms with Crippen LogP contribution in [0.1, 0.15) is 57.9 Å². The minimum atomic E-state index is -3.25. The van der Waals surface area contributed by atoms with Gasteiger partial charge in [0.05, 0.1) is 11.6 Å². The maximum atomic E-state index is 13.0. The summed E-state index contributed by atoms with van der Waals surface area (Å²) in [6.07, 6.45) is 7.71. The van der Waals surface area contributed by atoms with Crippen LogP contribution in [-0.2, 0) is 10.0 Å². The van der Waals surface area contributed by atoms with E-state index in [0.29, 0.717) is 63.1 Å². The van der Waals surface area contributed by atoms with Gasteiger partial charge in [0.25, 0.3) is 5.56 Å². The van der Waals surface area contributed by atoms with Gasteiger partial charge in [-0.05, 0) is 57.9 Å². The van der Waals surface area contributed by atoms with Crippen LogP contribution < -0.4 is 10.9 Å². The number of hydrogen-bond donors (Lipinski definition) is 2. The monoisotopic (exact) mass is 502 g/mol. The lowest BCUT2D eigenvalue weighted by atomic mass is 10.00. The van der Waals surface area contributed by atoms with Crippen molar-refractivity contribution >= 4 is 27.0 Å². The highest BCUT2D eigenvalue weighted by Crippen LogP contribution is 2.39. The van der Waals surface area contributed by atoms with Crippen LogP contribution in [0.3, 0.4) is 0 Å². The van der Waals surface area contributed by atoms with Crippen LogP contribution in [0.15, 0.2) is 23.1 Å². The van der Waals surface area contributed by atoms with Crippen molar-refractivity contribution in [2.24, 2.45) is 0 Å². The minimum Gasteiger partial charge on any atom is -0.388 e. The molecule has 2 N–H and O–H groups in total. The maximum absolute atomic E-state index is 13.0. The van der Waals surface area contributed by atoms with Crippen molar-refractivity contribution in [2.45, 2.75) is 80.8 Å². The Morgan fingerprint density at radius 2 is 1.86 bits per heavy atom. The second-order valence-corrected chi connectivity index (χ2v) is 13.2. The van der Waals surface area contributed by atoms with E-state index in [0.717, 1.165) is 18.2 Å². The van der Waals surface area contributed by atoms with E-state index in [-0.39, 0.29) is 22.9 Å². The predicted molar refractivity (Wildman–Crippen MR) is 133 cm³/mol. The number of nitrogens with one attached hydrogen (secondary N) is 1. The third kappa shape index (κ3) is 4.26. The predicted octanol–water partition coefficient (Wildman–Crippen LogP) is 1.32. The molecule has 11 heteroatoms. The van der Waals surface area contributed by atoms with Gasteiger partial charge in [0.2, 0.25) is 16.0 Å². The fourth-order valence-corrected chi connectivity index (χ4v) is 7.89. The zero-order chi connectivity index (χ0) is 24.4. The molecule has 2 aromatic rings. The fourth-order valence-electron chi connectivity index (χ4n) is 5.99. The van der Waals surface area contributed by atoms with Crippen molar-refractivity contribution in [3.05, 3.63) is 28.7 Å². The zero-order valence-corrected chi connectivity index (χ0v) is 21.0. The van der Waals surface area contributed by atoms with Gasteiger partial charge < -0.3 is 10.4 Å². The van der Waals surface area contributed by atoms with Gasteiger partial charge in [-0.3, -0.25) is 14.3 Å². The van der Waals surface area contributed by atoms with E-state index in [2.05, 4.69) is 20.2 Å².